The summed E-state index contributed by atoms with van der Waals surface area (Å²) in [5.74, 6) is -0.530. The number of amides is 1. The van der Waals surface area contributed by atoms with Crippen LogP contribution in [0.1, 0.15) is 41.7 Å². The molecule has 0 bridgehead atoms. The van der Waals surface area contributed by atoms with E-state index in [-0.39, 0.29) is 6.04 Å². The third-order valence-corrected chi connectivity index (χ3v) is 4.36. The zero-order chi connectivity index (χ0) is 18.5. The molecule has 1 heterocycles. The molecule has 1 amide bonds. The highest BCUT2D eigenvalue weighted by Gasteiger charge is 2.17. The molecule has 0 aliphatic rings. The number of anilines is 1. The average molecular weight is 344 g/mol. The van der Waals surface area contributed by atoms with E-state index in [1.807, 2.05) is 24.3 Å². The Hall–Kier alpha value is -3.39. The summed E-state index contributed by atoms with van der Waals surface area (Å²) in [5, 5.41) is 4.25. The molecule has 3 rings (SSSR count). The van der Waals surface area contributed by atoms with Crippen molar-refractivity contribution in [3.8, 4) is 0 Å². The Labute approximate surface area is 152 Å². The lowest BCUT2D eigenvalue weighted by Gasteiger charge is -2.22. The lowest BCUT2D eigenvalue weighted by Crippen LogP contribution is -2.13. The quantitative estimate of drug-likeness (QED) is 0.629. The van der Waals surface area contributed by atoms with Gasteiger partial charge < -0.3 is 11.1 Å². The maximum absolute atomic E-state index is 11.7. The SMILES string of the molecule is [C-]#[N+]c1cnc2c(C(N)=O)cccc2c1N[C@H](CCC)c1ccccc1. The molecular formula is C21H20N4O. The van der Waals surface area contributed by atoms with E-state index in [4.69, 9.17) is 12.3 Å². The largest absolute Gasteiger partial charge is 0.386 e. The number of nitrogens with two attached hydrogens (primary N) is 1. The van der Waals surface area contributed by atoms with Gasteiger partial charge in [0, 0.05) is 11.6 Å². The van der Waals surface area contributed by atoms with Gasteiger partial charge in [-0.3, -0.25) is 9.78 Å². The summed E-state index contributed by atoms with van der Waals surface area (Å²) in [4.78, 5) is 19.6. The van der Waals surface area contributed by atoms with Crippen LogP contribution in [0.3, 0.4) is 0 Å². The van der Waals surface area contributed by atoms with Gasteiger partial charge in [-0.2, -0.15) is 0 Å². The van der Waals surface area contributed by atoms with Crippen LogP contribution in [0.5, 0.6) is 0 Å². The molecule has 0 saturated carbocycles. The van der Waals surface area contributed by atoms with E-state index in [0.717, 1.165) is 23.8 Å². The summed E-state index contributed by atoms with van der Waals surface area (Å²) in [6.45, 7) is 9.63. The highest BCUT2D eigenvalue weighted by atomic mass is 16.1. The van der Waals surface area contributed by atoms with Crippen molar-refractivity contribution in [2.45, 2.75) is 25.8 Å². The second-order valence-electron chi connectivity index (χ2n) is 6.09. The van der Waals surface area contributed by atoms with E-state index in [0.29, 0.717) is 22.5 Å². The molecule has 0 aliphatic carbocycles. The molecule has 0 fully saturated rings. The van der Waals surface area contributed by atoms with Crippen LogP contribution in [-0.2, 0) is 0 Å². The van der Waals surface area contributed by atoms with Gasteiger partial charge in [0.15, 0.2) is 0 Å². The number of carbonyl (C=O) groups is 1. The molecule has 3 aromatic rings. The van der Waals surface area contributed by atoms with Crippen LogP contribution in [0.25, 0.3) is 15.7 Å². The summed E-state index contributed by atoms with van der Waals surface area (Å²) in [5.41, 5.74) is 8.62. The van der Waals surface area contributed by atoms with Crippen molar-refractivity contribution in [1.82, 2.24) is 4.98 Å². The molecule has 3 N–H and O–H groups in total. The van der Waals surface area contributed by atoms with E-state index < -0.39 is 5.91 Å². The van der Waals surface area contributed by atoms with Crippen molar-refractivity contribution in [2.75, 3.05) is 5.32 Å². The molecule has 5 heteroatoms. The Morgan fingerprint density at radius 1 is 1.23 bits per heavy atom. The van der Waals surface area contributed by atoms with Gasteiger partial charge in [0.25, 0.3) is 5.91 Å². The van der Waals surface area contributed by atoms with Gasteiger partial charge in [0.05, 0.1) is 29.4 Å². The number of hydrogen-bond acceptors (Lipinski definition) is 3. The minimum atomic E-state index is -0.530. The maximum atomic E-state index is 11.7. The van der Waals surface area contributed by atoms with Crippen molar-refractivity contribution in [3.63, 3.8) is 0 Å². The zero-order valence-corrected chi connectivity index (χ0v) is 14.6. The molecule has 1 atom stereocenters. The monoisotopic (exact) mass is 344 g/mol. The van der Waals surface area contributed by atoms with E-state index >= 15 is 0 Å². The van der Waals surface area contributed by atoms with Gasteiger partial charge in [-0.15, -0.1) is 0 Å². The first-order valence-electron chi connectivity index (χ1n) is 8.56. The standard InChI is InChI=1S/C21H20N4O/c1-3-8-17(14-9-5-4-6-10-14)25-20-15-11-7-12-16(21(22)26)19(15)24-13-18(20)23-2/h4-7,9-13,17H,3,8H2,1H3,(H2,22,26)(H,24,25)/t17-/m1/s1. The molecule has 130 valence electrons. The highest BCUT2D eigenvalue weighted by molar-refractivity contribution is 6.09. The normalized spacial score (nSPS) is 11.7. The second-order valence-corrected chi connectivity index (χ2v) is 6.09. The summed E-state index contributed by atoms with van der Waals surface area (Å²) >= 11 is 0. The topological polar surface area (TPSA) is 72.4 Å². The Morgan fingerprint density at radius 2 is 2.00 bits per heavy atom. The predicted molar refractivity (Wildman–Crippen MR) is 104 cm³/mol. The first-order chi connectivity index (χ1) is 12.7. The van der Waals surface area contributed by atoms with Gasteiger partial charge in [0.2, 0.25) is 5.69 Å². The van der Waals surface area contributed by atoms with Crippen molar-refractivity contribution in [2.24, 2.45) is 5.73 Å². The molecule has 26 heavy (non-hydrogen) atoms. The number of aromatic nitrogens is 1. The van der Waals surface area contributed by atoms with Crippen molar-refractivity contribution in [3.05, 3.63) is 77.3 Å². The predicted octanol–water partition coefficient (Wildman–Crippen LogP) is 4.84. The van der Waals surface area contributed by atoms with Crippen molar-refractivity contribution >= 4 is 28.2 Å². The number of fused-ring (bicyclic) bond motifs is 1. The van der Waals surface area contributed by atoms with Crippen LogP contribution in [-0.4, -0.2) is 10.9 Å². The number of nitrogens with one attached hydrogen (secondary N) is 1. The molecule has 0 aliphatic heterocycles. The summed E-state index contributed by atoms with van der Waals surface area (Å²) in [6.07, 6.45) is 3.41. The minimum absolute atomic E-state index is 0.0598. The minimum Gasteiger partial charge on any atom is -0.386 e. The van der Waals surface area contributed by atoms with Crippen LogP contribution in [0, 0.1) is 6.57 Å². The van der Waals surface area contributed by atoms with E-state index in [2.05, 4.69) is 34.2 Å². The fraction of sp³-hybridized carbons (Fsp3) is 0.190. The van der Waals surface area contributed by atoms with Crippen LogP contribution in [0.4, 0.5) is 11.4 Å². The van der Waals surface area contributed by atoms with Crippen LogP contribution < -0.4 is 11.1 Å². The lowest BCUT2D eigenvalue weighted by molar-refractivity contribution is 0.100. The van der Waals surface area contributed by atoms with Crippen molar-refractivity contribution < 1.29 is 4.79 Å². The molecule has 5 nitrogen and oxygen atoms in total. The van der Waals surface area contributed by atoms with Gasteiger partial charge in [-0.1, -0.05) is 55.8 Å². The van der Waals surface area contributed by atoms with E-state index in [1.54, 1.807) is 12.1 Å². The molecule has 2 aromatic carbocycles. The van der Waals surface area contributed by atoms with Gasteiger partial charge in [-0.25, -0.2) is 4.85 Å². The first kappa shape index (κ1) is 17.4. The first-order valence-corrected chi connectivity index (χ1v) is 8.56. The fourth-order valence-electron chi connectivity index (χ4n) is 3.12. The zero-order valence-electron chi connectivity index (χ0n) is 14.6. The summed E-state index contributed by atoms with van der Waals surface area (Å²) in [6, 6.07) is 15.5. The lowest BCUT2D eigenvalue weighted by atomic mass is 10.0. The van der Waals surface area contributed by atoms with Crippen LogP contribution in [0.15, 0.2) is 54.7 Å². The van der Waals surface area contributed by atoms with Gasteiger partial charge in [-0.05, 0) is 18.1 Å². The van der Waals surface area contributed by atoms with Crippen LogP contribution >= 0.6 is 0 Å². The number of hydrogen-bond donors (Lipinski definition) is 2. The van der Waals surface area contributed by atoms with E-state index in [9.17, 15) is 4.79 Å². The number of primary amides is 1. The molecule has 0 saturated heterocycles. The number of rotatable bonds is 6. The third kappa shape index (κ3) is 3.35. The Balaban J connectivity index is 2.15. The molecule has 0 spiro atoms. The number of nitrogens with zero attached hydrogens (tertiary/aromatic N) is 2. The summed E-state index contributed by atoms with van der Waals surface area (Å²) in [7, 11) is 0. The van der Waals surface area contributed by atoms with Crippen molar-refractivity contribution in [1.29, 1.82) is 0 Å². The van der Waals surface area contributed by atoms with Crippen LogP contribution in [0.2, 0.25) is 0 Å². The summed E-state index contributed by atoms with van der Waals surface area (Å²) < 4.78 is 0. The Bertz CT molecular complexity index is 976. The number of benzene rings is 2. The fourth-order valence-corrected chi connectivity index (χ4v) is 3.12. The smallest absolute Gasteiger partial charge is 0.250 e. The van der Waals surface area contributed by atoms with E-state index in [1.165, 1.54) is 6.20 Å². The molecule has 0 radical (unpaired) electrons. The highest BCUT2D eigenvalue weighted by Crippen LogP contribution is 2.36. The molecular weight excluding hydrogens is 324 g/mol. The number of pyridine rings is 1. The van der Waals surface area contributed by atoms with Gasteiger partial charge >= 0.3 is 0 Å². The molecule has 0 unspecified atom stereocenters. The Morgan fingerprint density at radius 3 is 2.65 bits per heavy atom. The maximum Gasteiger partial charge on any atom is 0.250 e. The third-order valence-electron chi connectivity index (χ3n) is 4.36. The number of para-hydroxylation sites is 1. The second kappa shape index (κ2) is 7.66. The van der Waals surface area contributed by atoms with Gasteiger partial charge in [0.1, 0.15) is 0 Å². The Kier molecular flexibility index (Phi) is 5.14. The average Bonchev–Trinajstić information content (AvgIpc) is 2.67. The number of carbonyl (C=O) groups excluding carboxylic acids is 1. The molecule has 1 aromatic heterocycles.